The van der Waals surface area contributed by atoms with Gasteiger partial charge in [0.05, 0.1) is 0 Å². The van der Waals surface area contributed by atoms with Crippen LogP contribution in [0.4, 0.5) is 21.7 Å². The predicted octanol–water partition coefficient (Wildman–Crippen LogP) is 2.34. The lowest BCUT2D eigenvalue weighted by Crippen LogP contribution is -2.48. The highest BCUT2D eigenvalue weighted by atomic mass is 19.1. The maximum Gasteiger partial charge on any atom is 0.219 e. The van der Waals surface area contributed by atoms with Crippen LogP contribution >= 0.6 is 0 Å². The van der Waals surface area contributed by atoms with E-state index in [1.165, 1.54) is 12.1 Å². The number of carbonyl (C=O) groups is 1. The summed E-state index contributed by atoms with van der Waals surface area (Å²) in [7, 11) is 0. The van der Waals surface area contributed by atoms with Crippen molar-refractivity contribution >= 4 is 23.2 Å². The molecule has 2 aromatic rings. The molecule has 0 radical (unpaired) electrons. The zero-order valence-corrected chi connectivity index (χ0v) is 13.8. The summed E-state index contributed by atoms with van der Waals surface area (Å²) in [6.45, 7) is 6.25. The first-order chi connectivity index (χ1) is 11.5. The molecule has 7 heteroatoms. The van der Waals surface area contributed by atoms with Gasteiger partial charge in [0.1, 0.15) is 23.3 Å². The highest BCUT2D eigenvalue weighted by Gasteiger charge is 2.20. The number of hydrogen-bond acceptors (Lipinski definition) is 5. The van der Waals surface area contributed by atoms with Crippen LogP contribution in [-0.2, 0) is 4.79 Å². The van der Waals surface area contributed by atoms with Crippen molar-refractivity contribution in [2.24, 2.45) is 0 Å². The number of carbonyl (C=O) groups excluding carboxylic acids is 1. The molecule has 6 nitrogen and oxygen atoms in total. The summed E-state index contributed by atoms with van der Waals surface area (Å²) in [6, 6.07) is 8.10. The summed E-state index contributed by atoms with van der Waals surface area (Å²) in [4.78, 5) is 24.2. The van der Waals surface area contributed by atoms with Gasteiger partial charge in [-0.1, -0.05) is 6.07 Å². The number of piperazine rings is 1. The first-order valence-electron chi connectivity index (χ1n) is 7.90. The van der Waals surface area contributed by atoms with Crippen LogP contribution in [0.3, 0.4) is 0 Å². The minimum Gasteiger partial charge on any atom is -0.353 e. The molecule has 0 aliphatic carbocycles. The molecule has 1 aromatic carbocycles. The normalized spacial score (nSPS) is 14.6. The minimum atomic E-state index is -0.300. The van der Waals surface area contributed by atoms with Crippen LogP contribution in [0.25, 0.3) is 0 Å². The maximum absolute atomic E-state index is 13.3. The summed E-state index contributed by atoms with van der Waals surface area (Å²) >= 11 is 0. The Bertz CT molecular complexity index is 744. The maximum atomic E-state index is 13.3. The molecule has 0 atom stereocenters. The number of halogens is 1. The lowest BCUT2D eigenvalue weighted by Gasteiger charge is -2.35. The van der Waals surface area contributed by atoms with E-state index in [0.717, 1.165) is 18.9 Å². The van der Waals surface area contributed by atoms with E-state index in [2.05, 4.69) is 20.2 Å². The number of benzene rings is 1. The van der Waals surface area contributed by atoms with Gasteiger partial charge in [-0.25, -0.2) is 14.4 Å². The minimum absolute atomic E-state index is 0.0991. The van der Waals surface area contributed by atoms with E-state index >= 15 is 0 Å². The Morgan fingerprint density at radius 1 is 1.17 bits per heavy atom. The van der Waals surface area contributed by atoms with Crippen LogP contribution in [0, 0.1) is 12.7 Å². The average molecular weight is 329 g/mol. The molecule has 0 spiro atoms. The summed E-state index contributed by atoms with van der Waals surface area (Å²) in [5.41, 5.74) is 0.639. The van der Waals surface area contributed by atoms with Crippen LogP contribution in [-0.4, -0.2) is 47.0 Å². The Hall–Kier alpha value is -2.70. The van der Waals surface area contributed by atoms with Crippen molar-refractivity contribution in [2.45, 2.75) is 13.8 Å². The molecule has 1 N–H and O–H groups in total. The Kier molecular flexibility index (Phi) is 4.59. The van der Waals surface area contributed by atoms with Crippen molar-refractivity contribution in [1.82, 2.24) is 14.9 Å². The fourth-order valence-electron chi connectivity index (χ4n) is 2.74. The molecular formula is C17H20FN5O. The SMILES string of the molecule is CC(=O)N1CCN(c2cc(Nc3cccc(F)c3)nc(C)n2)CC1. The van der Waals surface area contributed by atoms with Crippen LogP contribution in [0.2, 0.25) is 0 Å². The molecular weight excluding hydrogens is 309 g/mol. The lowest BCUT2D eigenvalue weighted by atomic mass is 10.3. The van der Waals surface area contributed by atoms with Gasteiger partial charge in [0.2, 0.25) is 5.91 Å². The van der Waals surface area contributed by atoms with Gasteiger partial charge in [0.15, 0.2) is 0 Å². The van der Waals surface area contributed by atoms with Crippen LogP contribution in [0.5, 0.6) is 0 Å². The summed E-state index contributed by atoms with van der Waals surface area (Å²) in [6.07, 6.45) is 0. The molecule has 1 saturated heterocycles. The Labute approximate surface area is 140 Å². The second-order valence-electron chi connectivity index (χ2n) is 5.79. The quantitative estimate of drug-likeness (QED) is 0.936. The molecule has 1 fully saturated rings. The molecule has 1 aromatic heterocycles. The van der Waals surface area contributed by atoms with E-state index in [1.54, 1.807) is 19.1 Å². The predicted molar refractivity (Wildman–Crippen MR) is 90.9 cm³/mol. The Morgan fingerprint density at radius 3 is 2.58 bits per heavy atom. The lowest BCUT2D eigenvalue weighted by molar-refractivity contribution is -0.129. The highest BCUT2D eigenvalue weighted by Crippen LogP contribution is 2.21. The van der Waals surface area contributed by atoms with Gasteiger partial charge in [-0.05, 0) is 25.1 Å². The highest BCUT2D eigenvalue weighted by molar-refractivity contribution is 5.73. The molecule has 0 unspecified atom stereocenters. The van der Waals surface area contributed by atoms with Crippen molar-refractivity contribution < 1.29 is 9.18 Å². The fourth-order valence-corrected chi connectivity index (χ4v) is 2.74. The monoisotopic (exact) mass is 329 g/mol. The van der Waals surface area contributed by atoms with Gasteiger partial charge in [-0.2, -0.15) is 0 Å². The number of rotatable bonds is 3. The zero-order chi connectivity index (χ0) is 17.1. The second-order valence-corrected chi connectivity index (χ2v) is 5.79. The van der Waals surface area contributed by atoms with E-state index < -0.39 is 0 Å². The fraction of sp³-hybridized carbons (Fsp3) is 0.353. The Morgan fingerprint density at radius 2 is 1.92 bits per heavy atom. The van der Waals surface area contributed by atoms with E-state index in [1.807, 2.05) is 17.9 Å². The van der Waals surface area contributed by atoms with Crippen molar-refractivity contribution in [2.75, 3.05) is 36.4 Å². The van der Waals surface area contributed by atoms with Gasteiger partial charge >= 0.3 is 0 Å². The van der Waals surface area contributed by atoms with Gasteiger partial charge in [-0.15, -0.1) is 0 Å². The third-order valence-electron chi connectivity index (χ3n) is 3.97. The molecule has 3 rings (SSSR count). The van der Waals surface area contributed by atoms with Crippen LogP contribution in [0.15, 0.2) is 30.3 Å². The van der Waals surface area contributed by atoms with E-state index in [4.69, 9.17) is 0 Å². The third-order valence-corrected chi connectivity index (χ3v) is 3.97. The number of nitrogens with one attached hydrogen (secondary N) is 1. The number of nitrogens with zero attached hydrogens (tertiary/aromatic N) is 4. The number of amides is 1. The largest absolute Gasteiger partial charge is 0.353 e. The van der Waals surface area contributed by atoms with E-state index in [0.29, 0.717) is 30.4 Å². The van der Waals surface area contributed by atoms with Crippen molar-refractivity contribution in [3.8, 4) is 0 Å². The average Bonchev–Trinajstić information content (AvgIpc) is 2.54. The van der Waals surface area contributed by atoms with Gasteiger partial charge in [0.25, 0.3) is 0 Å². The topological polar surface area (TPSA) is 61.4 Å². The molecule has 0 bridgehead atoms. The number of aryl methyl sites for hydroxylation is 1. The van der Waals surface area contributed by atoms with Gasteiger partial charge < -0.3 is 15.1 Å². The standard InChI is InChI=1S/C17H20FN5O/c1-12-19-16(21-15-5-3-4-14(18)10-15)11-17(20-12)23-8-6-22(7-9-23)13(2)24/h3-5,10-11H,6-9H2,1-2H3,(H,19,20,21). The van der Waals surface area contributed by atoms with Gasteiger partial charge in [0, 0.05) is 44.9 Å². The molecule has 24 heavy (non-hydrogen) atoms. The second kappa shape index (κ2) is 6.82. The molecule has 1 aliphatic rings. The molecule has 0 saturated carbocycles. The van der Waals surface area contributed by atoms with Crippen LogP contribution in [0.1, 0.15) is 12.7 Å². The van der Waals surface area contributed by atoms with E-state index in [9.17, 15) is 9.18 Å². The molecule has 1 amide bonds. The molecule has 1 aliphatic heterocycles. The summed E-state index contributed by atoms with van der Waals surface area (Å²) < 4.78 is 13.3. The smallest absolute Gasteiger partial charge is 0.219 e. The molecule has 126 valence electrons. The van der Waals surface area contributed by atoms with Crippen molar-refractivity contribution in [3.63, 3.8) is 0 Å². The van der Waals surface area contributed by atoms with E-state index in [-0.39, 0.29) is 11.7 Å². The van der Waals surface area contributed by atoms with Gasteiger partial charge in [-0.3, -0.25) is 4.79 Å². The van der Waals surface area contributed by atoms with Crippen LogP contribution < -0.4 is 10.2 Å². The number of aromatic nitrogens is 2. The Balaban J connectivity index is 1.76. The molecule has 2 heterocycles. The number of anilines is 3. The van der Waals surface area contributed by atoms with Crippen molar-refractivity contribution in [1.29, 1.82) is 0 Å². The summed E-state index contributed by atoms with van der Waals surface area (Å²) in [5.74, 6) is 1.87. The first-order valence-corrected chi connectivity index (χ1v) is 7.90. The van der Waals surface area contributed by atoms with Crippen molar-refractivity contribution in [3.05, 3.63) is 42.0 Å². The number of hydrogen-bond donors (Lipinski definition) is 1. The summed E-state index contributed by atoms with van der Waals surface area (Å²) in [5, 5.41) is 3.11. The zero-order valence-electron chi connectivity index (χ0n) is 13.8. The first kappa shape index (κ1) is 16.2. The third kappa shape index (κ3) is 3.79.